The van der Waals surface area contributed by atoms with E-state index in [0.29, 0.717) is 29.9 Å². The molecule has 0 aliphatic heterocycles. The van der Waals surface area contributed by atoms with Crippen molar-refractivity contribution in [2.24, 2.45) is 0 Å². The quantitative estimate of drug-likeness (QED) is 0.412. The van der Waals surface area contributed by atoms with Crippen LogP contribution >= 0.6 is 0 Å². The minimum absolute atomic E-state index is 0.106. The molecule has 35 heavy (non-hydrogen) atoms. The van der Waals surface area contributed by atoms with Gasteiger partial charge in [0.05, 0.1) is 11.9 Å². The van der Waals surface area contributed by atoms with Gasteiger partial charge in [-0.3, -0.25) is 4.79 Å². The van der Waals surface area contributed by atoms with Crippen molar-refractivity contribution in [1.82, 2.24) is 25.1 Å². The second-order valence-electron chi connectivity index (χ2n) is 8.71. The number of aromatic hydroxyl groups is 1. The number of nitrogens with zero attached hydrogens (tertiary/aromatic N) is 5. The first-order chi connectivity index (χ1) is 17.1. The van der Waals surface area contributed by atoms with Crippen LogP contribution in [0, 0.1) is 6.92 Å². The third-order valence-corrected chi connectivity index (χ3v) is 6.20. The van der Waals surface area contributed by atoms with Crippen LogP contribution in [0.15, 0.2) is 29.2 Å². The zero-order chi connectivity index (χ0) is 24.9. The van der Waals surface area contributed by atoms with Gasteiger partial charge in [-0.2, -0.15) is 4.98 Å². The SMILES string of the molecule is C1CCCCC1.Cc1noc(-c2ccc(O)cn2)c1CNc1ncnc(C2CCCC2)n1.O=CO. The van der Waals surface area contributed by atoms with E-state index >= 15 is 0 Å². The summed E-state index contributed by atoms with van der Waals surface area (Å²) in [5.74, 6) is 2.52. The summed E-state index contributed by atoms with van der Waals surface area (Å²) in [4.78, 5) is 25.7. The van der Waals surface area contributed by atoms with Gasteiger partial charge in [0, 0.05) is 18.0 Å². The molecule has 3 heterocycles. The molecule has 2 fully saturated rings. The number of hydrogen-bond donors (Lipinski definition) is 3. The molecule has 0 atom stereocenters. The molecule has 0 aromatic carbocycles. The Bertz CT molecular complexity index is 1020. The summed E-state index contributed by atoms with van der Waals surface area (Å²) in [5.41, 5.74) is 2.26. The molecule has 2 aliphatic carbocycles. The van der Waals surface area contributed by atoms with Crippen LogP contribution in [0.3, 0.4) is 0 Å². The van der Waals surface area contributed by atoms with Crippen LogP contribution in [0.4, 0.5) is 5.95 Å². The zero-order valence-electron chi connectivity index (χ0n) is 20.2. The van der Waals surface area contributed by atoms with Crippen LogP contribution in [0.5, 0.6) is 5.75 Å². The van der Waals surface area contributed by atoms with Gasteiger partial charge < -0.3 is 20.1 Å². The Hall–Kier alpha value is -3.56. The summed E-state index contributed by atoms with van der Waals surface area (Å²) in [5, 5.41) is 23.6. The average Bonchev–Trinajstić information content (AvgIpc) is 3.56. The van der Waals surface area contributed by atoms with E-state index in [0.717, 1.165) is 29.9 Å². The summed E-state index contributed by atoms with van der Waals surface area (Å²) >= 11 is 0. The molecule has 5 rings (SSSR count). The highest BCUT2D eigenvalue weighted by molar-refractivity contribution is 5.58. The molecule has 0 saturated heterocycles. The molecular formula is C25H34N6O4. The van der Waals surface area contributed by atoms with Crippen LogP contribution in [0.1, 0.15) is 87.2 Å². The third-order valence-electron chi connectivity index (χ3n) is 6.20. The van der Waals surface area contributed by atoms with E-state index in [1.807, 2.05) is 6.92 Å². The molecule has 10 heteroatoms. The van der Waals surface area contributed by atoms with Crippen molar-refractivity contribution in [3.8, 4) is 17.2 Å². The summed E-state index contributed by atoms with van der Waals surface area (Å²) < 4.78 is 5.43. The van der Waals surface area contributed by atoms with Gasteiger partial charge in [0.15, 0.2) is 5.76 Å². The van der Waals surface area contributed by atoms with Crippen LogP contribution in [0.2, 0.25) is 0 Å². The van der Waals surface area contributed by atoms with Gasteiger partial charge >= 0.3 is 0 Å². The molecule has 10 nitrogen and oxygen atoms in total. The van der Waals surface area contributed by atoms with Gasteiger partial charge in [-0.25, -0.2) is 15.0 Å². The van der Waals surface area contributed by atoms with E-state index in [2.05, 4.69) is 30.4 Å². The normalized spacial score (nSPS) is 15.3. The molecule has 0 spiro atoms. The number of aryl methyl sites for hydroxylation is 1. The topological polar surface area (TPSA) is 147 Å². The Kier molecular flexibility index (Phi) is 10.4. The van der Waals surface area contributed by atoms with E-state index < -0.39 is 0 Å². The lowest BCUT2D eigenvalue weighted by molar-refractivity contribution is -0.122. The van der Waals surface area contributed by atoms with Gasteiger partial charge in [0.25, 0.3) is 6.47 Å². The van der Waals surface area contributed by atoms with E-state index in [1.165, 1.54) is 57.6 Å². The molecule has 0 amide bonds. The smallest absolute Gasteiger partial charge is 0.290 e. The van der Waals surface area contributed by atoms with Crippen molar-refractivity contribution in [2.75, 3.05) is 5.32 Å². The lowest BCUT2D eigenvalue weighted by atomic mass is 10.0. The largest absolute Gasteiger partial charge is 0.506 e. The Balaban J connectivity index is 0.000000323. The number of nitrogens with one attached hydrogen (secondary N) is 1. The lowest BCUT2D eigenvalue weighted by Crippen LogP contribution is -2.09. The third kappa shape index (κ3) is 8.01. The molecule has 2 aliphatic rings. The fourth-order valence-corrected chi connectivity index (χ4v) is 4.32. The van der Waals surface area contributed by atoms with Crippen molar-refractivity contribution in [1.29, 1.82) is 0 Å². The second-order valence-corrected chi connectivity index (χ2v) is 8.71. The van der Waals surface area contributed by atoms with Crippen molar-refractivity contribution in [2.45, 2.75) is 83.6 Å². The molecule has 0 unspecified atom stereocenters. The number of carbonyl (C=O) groups is 1. The van der Waals surface area contributed by atoms with E-state index in [-0.39, 0.29) is 12.2 Å². The first-order valence-electron chi connectivity index (χ1n) is 12.2. The predicted molar refractivity (Wildman–Crippen MR) is 131 cm³/mol. The number of carboxylic acid groups (broad SMARTS) is 1. The standard InChI is InChI=1S/C18H20N6O2.C6H12.CH2O2/c1-11-14(16(26-24-11)15-7-6-13(25)8-19-15)9-20-18-22-10-21-17(23-18)12-4-2-3-5-12;1-2-4-6-5-3-1;2-1-3/h6-8,10,12,25H,2-5,9H2,1H3,(H,20,21,22,23);1-6H2;1H,(H,2,3). The first-order valence-corrected chi connectivity index (χ1v) is 12.2. The summed E-state index contributed by atoms with van der Waals surface area (Å²) in [6, 6.07) is 3.26. The number of anilines is 1. The van der Waals surface area contributed by atoms with Gasteiger partial charge in [-0.1, -0.05) is 56.5 Å². The lowest BCUT2D eigenvalue weighted by Gasteiger charge is -2.09. The Morgan fingerprint density at radius 3 is 2.29 bits per heavy atom. The van der Waals surface area contributed by atoms with Crippen LogP contribution < -0.4 is 5.32 Å². The first kappa shape index (κ1) is 26.1. The Morgan fingerprint density at radius 2 is 1.69 bits per heavy atom. The van der Waals surface area contributed by atoms with E-state index in [1.54, 1.807) is 18.5 Å². The molecule has 2 saturated carbocycles. The highest BCUT2D eigenvalue weighted by Gasteiger charge is 2.21. The fourth-order valence-electron chi connectivity index (χ4n) is 4.32. The fraction of sp³-hybridized carbons (Fsp3) is 0.520. The highest BCUT2D eigenvalue weighted by Crippen LogP contribution is 2.32. The maximum Gasteiger partial charge on any atom is 0.290 e. The van der Waals surface area contributed by atoms with Crippen LogP contribution in [-0.4, -0.2) is 41.8 Å². The predicted octanol–water partition coefficient (Wildman–Crippen LogP) is 5.25. The van der Waals surface area contributed by atoms with Crippen LogP contribution in [0.25, 0.3) is 11.5 Å². The van der Waals surface area contributed by atoms with Crippen molar-refractivity contribution in [3.63, 3.8) is 0 Å². The van der Waals surface area contributed by atoms with Gasteiger partial charge in [0.1, 0.15) is 23.6 Å². The number of hydrogen-bond acceptors (Lipinski definition) is 9. The highest BCUT2D eigenvalue weighted by atomic mass is 16.5. The average molecular weight is 483 g/mol. The van der Waals surface area contributed by atoms with E-state index in [4.69, 9.17) is 14.4 Å². The summed E-state index contributed by atoms with van der Waals surface area (Å²) in [6.07, 6.45) is 16.7. The molecular weight excluding hydrogens is 448 g/mol. The minimum atomic E-state index is -0.250. The van der Waals surface area contributed by atoms with Crippen molar-refractivity contribution in [3.05, 3.63) is 41.7 Å². The maximum absolute atomic E-state index is 9.40. The Morgan fingerprint density at radius 1 is 1.03 bits per heavy atom. The number of aromatic nitrogens is 5. The van der Waals surface area contributed by atoms with Crippen LogP contribution in [-0.2, 0) is 11.3 Å². The number of rotatable bonds is 5. The second kappa shape index (κ2) is 14.0. The monoisotopic (exact) mass is 482 g/mol. The zero-order valence-corrected chi connectivity index (χ0v) is 20.2. The Labute approximate surface area is 205 Å². The van der Waals surface area contributed by atoms with Gasteiger partial charge in [0.2, 0.25) is 5.95 Å². The van der Waals surface area contributed by atoms with Gasteiger partial charge in [-0.15, -0.1) is 0 Å². The van der Waals surface area contributed by atoms with Crippen molar-refractivity contribution >= 4 is 12.4 Å². The van der Waals surface area contributed by atoms with E-state index in [9.17, 15) is 5.11 Å². The molecule has 3 aromatic rings. The summed E-state index contributed by atoms with van der Waals surface area (Å²) in [6.45, 7) is 2.09. The minimum Gasteiger partial charge on any atom is -0.506 e. The van der Waals surface area contributed by atoms with Crippen molar-refractivity contribution < 1.29 is 19.5 Å². The molecule has 0 radical (unpaired) electrons. The molecule has 3 N–H and O–H groups in total. The van der Waals surface area contributed by atoms with Gasteiger partial charge in [-0.05, 0) is 31.9 Å². The molecule has 3 aromatic heterocycles. The number of pyridine rings is 1. The summed E-state index contributed by atoms with van der Waals surface area (Å²) in [7, 11) is 0. The molecule has 188 valence electrons. The molecule has 0 bridgehead atoms. The maximum atomic E-state index is 9.40.